The summed E-state index contributed by atoms with van der Waals surface area (Å²) < 4.78 is 42.5. The molecule has 3 amide bonds. The Balaban J connectivity index is 1.07. The second-order valence-corrected chi connectivity index (χ2v) is 19.1. The first-order chi connectivity index (χ1) is 28.7. The van der Waals surface area contributed by atoms with Gasteiger partial charge in [-0.15, -0.1) is 11.3 Å². The van der Waals surface area contributed by atoms with Gasteiger partial charge in [0.15, 0.2) is 0 Å². The number of benzene rings is 2. The Kier molecular flexibility index (Phi) is 12.9. The number of carbonyl (C=O) groups is 4. The number of nitrogens with zero attached hydrogens (tertiary/aromatic N) is 3. The van der Waals surface area contributed by atoms with E-state index in [0.29, 0.717) is 41.3 Å². The number of alkyl halides is 1. The van der Waals surface area contributed by atoms with E-state index in [2.05, 4.69) is 21.5 Å². The summed E-state index contributed by atoms with van der Waals surface area (Å²) in [6, 6.07) is 16.7. The minimum Gasteiger partial charge on any atom is -0.462 e. The number of nitriles is 1. The second kappa shape index (κ2) is 18.1. The monoisotopic (exact) mass is 858 g/mol. The molecule has 5 heterocycles. The number of para-hydroxylation sites is 1. The maximum atomic E-state index is 16.5. The first-order valence-corrected chi connectivity index (χ1v) is 22.8. The summed E-state index contributed by atoms with van der Waals surface area (Å²) in [7, 11) is -4.48. The third-order valence-corrected chi connectivity index (χ3v) is 14.6. The van der Waals surface area contributed by atoms with Gasteiger partial charge >= 0.3 is 13.5 Å². The Labute approximate surface area is 350 Å². The van der Waals surface area contributed by atoms with E-state index in [1.807, 2.05) is 0 Å². The van der Waals surface area contributed by atoms with Crippen molar-refractivity contribution in [2.45, 2.75) is 101 Å². The van der Waals surface area contributed by atoms with Gasteiger partial charge in [-0.25, -0.2) is 9.48 Å². The Morgan fingerprint density at radius 1 is 0.983 bits per heavy atom. The summed E-state index contributed by atoms with van der Waals surface area (Å²) in [6.45, 7) is 5.19. The quantitative estimate of drug-likeness (QED) is 0.104. The number of nitrogens with one attached hydrogen (secondary N) is 3. The fraction of sp³-hybridized carbons (Fsp3) is 0.442. The van der Waals surface area contributed by atoms with Crippen LogP contribution < -0.4 is 20.5 Å². The Morgan fingerprint density at radius 2 is 1.75 bits per heavy atom. The molecule has 3 aliphatic heterocycles. The number of hydrogen-bond acceptors (Lipinski definition) is 10. The number of likely N-dealkylation sites (tertiary alicyclic amines) is 1. The van der Waals surface area contributed by atoms with Crippen LogP contribution in [0.5, 0.6) is 5.75 Å². The van der Waals surface area contributed by atoms with E-state index in [4.69, 9.17) is 9.26 Å². The predicted octanol–water partition coefficient (Wildman–Crippen LogP) is 6.56. The lowest BCUT2D eigenvalue weighted by Crippen LogP contribution is -2.56. The van der Waals surface area contributed by atoms with Gasteiger partial charge in [-0.3, -0.25) is 28.5 Å². The molecular weight excluding hydrogens is 811 g/mol. The van der Waals surface area contributed by atoms with Gasteiger partial charge < -0.3 is 29.4 Å². The third-order valence-electron chi connectivity index (χ3n) is 11.4. The van der Waals surface area contributed by atoms with E-state index in [0.717, 1.165) is 24.2 Å². The van der Waals surface area contributed by atoms with Gasteiger partial charge in [0.05, 0.1) is 23.0 Å². The average Bonchev–Trinajstić information content (AvgIpc) is 3.97. The van der Waals surface area contributed by atoms with Crippen LogP contribution in [0.4, 0.5) is 4.39 Å². The fourth-order valence-electron chi connectivity index (χ4n) is 8.44. The lowest BCUT2D eigenvalue weighted by molar-refractivity contribution is -0.149. The molecule has 0 saturated carbocycles. The maximum Gasteiger partial charge on any atom is 0.355 e. The summed E-state index contributed by atoms with van der Waals surface area (Å²) in [6.07, 6.45) is 4.82. The first-order valence-electron chi connectivity index (χ1n) is 20.2. The SMILES string of the molecule is CC(C)OC(=O)[C@H](C)NP(=O)(Oc1ccccc1)C(F)c1ccc2sc(C(=O)N[C@H]3CCCC[C@H]4CC[C@@H](C(=O)N5C[C@@H](C#N)[C@H](c6cc[nH]c(=O)c6)C5)N4C3=O)cc2c1. The van der Waals surface area contributed by atoms with E-state index >= 15 is 4.39 Å². The number of rotatable bonds is 12. The van der Waals surface area contributed by atoms with Gasteiger partial charge in [0, 0.05) is 42.0 Å². The van der Waals surface area contributed by atoms with Crippen LogP contribution in [0.1, 0.15) is 91.9 Å². The Morgan fingerprint density at radius 3 is 2.48 bits per heavy atom. The summed E-state index contributed by atoms with van der Waals surface area (Å²) in [5.74, 6) is -4.72. The van der Waals surface area contributed by atoms with Crippen LogP contribution >= 0.6 is 18.9 Å². The van der Waals surface area contributed by atoms with Crippen molar-refractivity contribution in [2.24, 2.45) is 5.92 Å². The number of pyridine rings is 1. The zero-order valence-electron chi connectivity index (χ0n) is 33.5. The minimum atomic E-state index is -4.48. The lowest BCUT2D eigenvalue weighted by atomic mass is 9.91. The molecular formula is C43H48FN6O8PS. The third kappa shape index (κ3) is 9.18. The molecule has 0 aliphatic carbocycles. The predicted molar refractivity (Wildman–Crippen MR) is 223 cm³/mol. The number of halogens is 1. The molecule has 3 aliphatic rings. The summed E-state index contributed by atoms with van der Waals surface area (Å²) in [4.78, 5) is 73.2. The normalized spacial score (nSPS) is 23.8. The molecule has 7 rings (SSSR count). The Bertz CT molecular complexity index is 2400. The van der Waals surface area contributed by atoms with Gasteiger partial charge in [-0.1, -0.05) is 37.1 Å². The molecule has 60 heavy (non-hydrogen) atoms. The van der Waals surface area contributed by atoms with Crippen molar-refractivity contribution < 1.29 is 37.4 Å². The van der Waals surface area contributed by atoms with Crippen molar-refractivity contribution in [3.8, 4) is 11.8 Å². The standard InChI is InChI=1S/C43H48FN6O8PS/c1-25(2)57-43(55)26(3)48-59(56,58-32-10-5-4-6-11-32)39(44)28-13-16-36-29(19-28)20-37(60-36)40(52)47-34-12-8-7-9-31-14-15-35(50(31)41(34)53)42(54)49-23-30(22-45)33(24-49)27-17-18-46-38(51)21-27/h4-6,10-11,13,16-21,25-26,30-31,33-35,39H,7-9,12,14-15,23-24H2,1-3H3,(H,46,51)(H,47,52)(H,48,56)/t26-,30+,31-,33-,34-,35-,39?,59?/m0/s1. The van der Waals surface area contributed by atoms with E-state index < -0.39 is 55.5 Å². The van der Waals surface area contributed by atoms with Crippen LogP contribution in [0, 0.1) is 17.2 Å². The Hall–Kier alpha value is -5.36. The first kappa shape index (κ1) is 42.8. The average molecular weight is 859 g/mol. The molecule has 0 spiro atoms. The van der Waals surface area contributed by atoms with Crippen LogP contribution in [0.2, 0.25) is 0 Å². The maximum absolute atomic E-state index is 16.5. The number of amides is 3. The zero-order valence-corrected chi connectivity index (χ0v) is 35.3. The van der Waals surface area contributed by atoms with Gasteiger partial charge in [0.1, 0.15) is 23.9 Å². The number of H-pyrrole nitrogens is 1. The van der Waals surface area contributed by atoms with Crippen LogP contribution in [0.15, 0.2) is 77.7 Å². The number of ether oxygens (including phenoxy) is 1. The van der Waals surface area contributed by atoms with Crippen molar-refractivity contribution >= 4 is 52.6 Å². The summed E-state index contributed by atoms with van der Waals surface area (Å²) >= 11 is 1.15. The highest BCUT2D eigenvalue weighted by Crippen LogP contribution is 2.58. The number of carbonyl (C=O) groups excluding carboxylic acids is 4. The molecule has 2 aromatic carbocycles. The summed E-state index contributed by atoms with van der Waals surface area (Å²) in [5, 5.41) is 15.9. The van der Waals surface area contributed by atoms with Crippen molar-refractivity contribution in [2.75, 3.05) is 13.1 Å². The van der Waals surface area contributed by atoms with Crippen molar-refractivity contribution in [1.29, 1.82) is 5.26 Å². The molecule has 8 atom stereocenters. The van der Waals surface area contributed by atoms with Crippen molar-refractivity contribution in [3.63, 3.8) is 0 Å². The van der Waals surface area contributed by atoms with Crippen LogP contribution in [0.3, 0.4) is 0 Å². The van der Waals surface area contributed by atoms with Gasteiger partial charge in [0.25, 0.3) is 5.91 Å². The molecule has 3 N–H and O–H groups in total. The zero-order chi connectivity index (χ0) is 42.7. The molecule has 2 aromatic heterocycles. The number of fused-ring (bicyclic) bond motifs is 2. The number of aromatic nitrogens is 1. The smallest absolute Gasteiger partial charge is 0.355 e. The largest absolute Gasteiger partial charge is 0.462 e. The van der Waals surface area contributed by atoms with Gasteiger partial charge in [-0.2, -0.15) is 5.26 Å². The minimum absolute atomic E-state index is 0.00253. The fourth-order valence-corrected chi connectivity index (χ4v) is 11.3. The number of thiophene rings is 1. The van der Waals surface area contributed by atoms with Gasteiger partial charge in [0.2, 0.25) is 23.3 Å². The lowest BCUT2D eigenvalue weighted by Gasteiger charge is -2.36. The second-order valence-electron chi connectivity index (χ2n) is 16.0. The number of aromatic amines is 1. The number of esters is 1. The van der Waals surface area contributed by atoms with Crippen molar-refractivity contribution in [1.82, 2.24) is 25.2 Å². The molecule has 0 radical (unpaired) electrons. The highest BCUT2D eigenvalue weighted by Gasteiger charge is 2.48. The van der Waals surface area contributed by atoms with Crippen LogP contribution in [-0.2, 0) is 23.7 Å². The molecule has 3 fully saturated rings. The van der Waals surface area contributed by atoms with Crippen molar-refractivity contribution in [3.05, 3.63) is 99.3 Å². The molecule has 316 valence electrons. The molecule has 0 bridgehead atoms. The van der Waals surface area contributed by atoms with Crippen LogP contribution in [-0.4, -0.2) is 81.8 Å². The number of hydrogen-bond donors (Lipinski definition) is 3. The van der Waals surface area contributed by atoms with E-state index in [1.54, 1.807) is 60.0 Å². The van der Waals surface area contributed by atoms with Crippen LogP contribution in [0.25, 0.3) is 10.1 Å². The topological polar surface area (TPSA) is 191 Å². The van der Waals surface area contributed by atoms with E-state index in [9.17, 15) is 33.8 Å². The molecule has 17 heteroatoms. The van der Waals surface area contributed by atoms with Gasteiger partial charge in [-0.05, 0) is 99.4 Å². The van der Waals surface area contributed by atoms with E-state index in [1.165, 1.54) is 43.5 Å². The highest BCUT2D eigenvalue weighted by atomic mass is 32.1. The molecule has 14 nitrogen and oxygen atoms in total. The molecule has 2 unspecified atom stereocenters. The molecule has 4 aromatic rings. The van der Waals surface area contributed by atoms with E-state index in [-0.39, 0.29) is 58.6 Å². The molecule has 3 saturated heterocycles. The highest BCUT2D eigenvalue weighted by molar-refractivity contribution is 7.57. The summed E-state index contributed by atoms with van der Waals surface area (Å²) in [5.41, 5.74) is 0.391.